The summed E-state index contributed by atoms with van der Waals surface area (Å²) < 4.78 is 12.5. The maximum absolute atomic E-state index is 13.1. The quantitative estimate of drug-likeness (QED) is 0.329. The van der Waals surface area contributed by atoms with Crippen LogP contribution in [0.5, 0.6) is 0 Å². The maximum atomic E-state index is 13.1. The van der Waals surface area contributed by atoms with Crippen LogP contribution in [0.2, 0.25) is 0 Å². The van der Waals surface area contributed by atoms with Gasteiger partial charge in [0.2, 0.25) is 23.0 Å². The normalized spacial score (nSPS) is 24.4. The Hall–Kier alpha value is -1.85. The second-order valence-corrected chi connectivity index (χ2v) is 10.2. The van der Waals surface area contributed by atoms with Crippen LogP contribution in [-0.4, -0.2) is 52.6 Å². The van der Waals surface area contributed by atoms with Gasteiger partial charge in [-0.2, -0.15) is 0 Å². The molecule has 2 aromatic carbocycles. The second-order valence-electron chi connectivity index (χ2n) is 8.47. The number of hydrogen-bond donors (Lipinski definition) is 1. The van der Waals surface area contributed by atoms with Gasteiger partial charge in [-0.3, -0.25) is 19.2 Å². The molecule has 2 aliphatic rings. The molecule has 0 radical (unpaired) electrons. The van der Waals surface area contributed by atoms with Gasteiger partial charge in [0.05, 0.1) is 0 Å². The van der Waals surface area contributed by atoms with Crippen LogP contribution in [0.3, 0.4) is 0 Å². The predicted molar refractivity (Wildman–Crippen MR) is 121 cm³/mol. The molecular formula is C23H23NNaO5P. The number of nitrogens with one attached hydrogen (secondary N) is 1. The molecule has 8 heteroatoms. The number of Topliss-reactive ketones (excluding diaryl/α,β-unsaturated/α-hetero) is 2. The van der Waals surface area contributed by atoms with E-state index in [9.17, 15) is 23.7 Å². The molecule has 2 saturated carbocycles. The first-order valence-corrected chi connectivity index (χ1v) is 11.3. The van der Waals surface area contributed by atoms with E-state index in [1.807, 2.05) is 0 Å². The Morgan fingerprint density at radius 3 is 2.16 bits per heavy atom. The van der Waals surface area contributed by atoms with Crippen LogP contribution in [0.1, 0.15) is 37.0 Å². The van der Waals surface area contributed by atoms with E-state index in [4.69, 9.17) is 0 Å². The van der Waals surface area contributed by atoms with Crippen molar-refractivity contribution >= 4 is 71.3 Å². The van der Waals surface area contributed by atoms with Gasteiger partial charge in [-0.1, -0.05) is 44.2 Å². The molecule has 0 spiro atoms. The molecule has 31 heavy (non-hydrogen) atoms. The van der Waals surface area contributed by atoms with Crippen molar-refractivity contribution in [1.82, 2.24) is 0 Å². The van der Waals surface area contributed by atoms with Crippen molar-refractivity contribution in [2.45, 2.75) is 26.7 Å². The van der Waals surface area contributed by atoms with Crippen molar-refractivity contribution < 1.29 is 23.7 Å². The zero-order chi connectivity index (χ0) is 21.7. The van der Waals surface area contributed by atoms with Gasteiger partial charge in [0.1, 0.15) is 5.41 Å². The molecule has 1 amide bonds. The Balaban J connectivity index is 0.00000272. The average Bonchev–Trinajstić information content (AvgIpc) is 3.10. The molecule has 2 bridgehead atoms. The summed E-state index contributed by atoms with van der Waals surface area (Å²) in [5.74, 6) is -1.95. The van der Waals surface area contributed by atoms with Crippen LogP contribution >= 0.6 is 7.80 Å². The third-order valence-electron chi connectivity index (χ3n) is 6.74. The van der Waals surface area contributed by atoms with E-state index in [0.717, 1.165) is 0 Å². The average molecular weight is 447 g/mol. The van der Waals surface area contributed by atoms with Gasteiger partial charge >= 0.3 is 29.6 Å². The topological polar surface area (TPSA) is 97.4 Å². The number of carbonyl (C=O) groups is 4. The summed E-state index contributed by atoms with van der Waals surface area (Å²) in [4.78, 5) is 50.5. The van der Waals surface area contributed by atoms with E-state index in [2.05, 4.69) is 5.32 Å². The van der Waals surface area contributed by atoms with Gasteiger partial charge in [-0.25, -0.2) is 0 Å². The molecular weight excluding hydrogens is 424 g/mol. The zero-order valence-electron chi connectivity index (χ0n) is 16.7. The van der Waals surface area contributed by atoms with E-state index >= 15 is 0 Å². The molecule has 0 heterocycles. The van der Waals surface area contributed by atoms with Gasteiger partial charge in [0, 0.05) is 22.5 Å². The number of rotatable bonds is 5. The monoisotopic (exact) mass is 447 g/mol. The fraction of sp³-hybridized carbons (Fsp3) is 0.304. The number of ketones is 2. The van der Waals surface area contributed by atoms with Crippen molar-refractivity contribution in [2.75, 3.05) is 5.32 Å². The minimum atomic E-state index is -2.64. The molecule has 3 atom stereocenters. The van der Waals surface area contributed by atoms with Crippen LogP contribution in [-0.2, 0) is 18.9 Å². The first kappa shape index (κ1) is 23.8. The van der Waals surface area contributed by atoms with E-state index in [1.54, 1.807) is 56.3 Å². The van der Waals surface area contributed by atoms with Crippen molar-refractivity contribution in [3.05, 3.63) is 60.2 Å². The Labute approximate surface area is 203 Å². The second kappa shape index (κ2) is 8.59. The summed E-state index contributed by atoms with van der Waals surface area (Å²) in [5, 5.41) is 3.23. The Morgan fingerprint density at radius 1 is 1.00 bits per heavy atom. The van der Waals surface area contributed by atoms with Crippen LogP contribution in [0.4, 0.5) is 5.69 Å². The molecule has 0 aliphatic heterocycles. The molecule has 3 unspecified atom stereocenters. The minimum absolute atomic E-state index is 0. The summed E-state index contributed by atoms with van der Waals surface area (Å²) in [7, 11) is -2.64. The van der Waals surface area contributed by atoms with Crippen molar-refractivity contribution in [2.24, 2.45) is 16.7 Å². The van der Waals surface area contributed by atoms with E-state index in [0.29, 0.717) is 23.8 Å². The van der Waals surface area contributed by atoms with Gasteiger partial charge in [-0.15, -0.1) is 0 Å². The predicted octanol–water partition coefficient (Wildman–Crippen LogP) is 2.58. The van der Waals surface area contributed by atoms with E-state index in [1.165, 1.54) is 12.1 Å². The number of amides is 1. The molecule has 156 valence electrons. The molecule has 1 N–H and O–H groups in total. The van der Waals surface area contributed by atoms with Crippen LogP contribution < -0.4 is 10.6 Å². The van der Waals surface area contributed by atoms with Gasteiger partial charge in [-0.05, 0) is 42.5 Å². The van der Waals surface area contributed by atoms with Gasteiger partial charge < -0.3 is 9.88 Å². The summed E-state index contributed by atoms with van der Waals surface area (Å²) in [6, 6.07) is 14.7. The van der Waals surface area contributed by atoms with Gasteiger partial charge in [0.15, 0.2) is 7.80 Å². The standard InChI is InChI=1S/C23H22NO5P.Na.H/c1-22(2)17-12-13-23(22,19(26)18(17)25)21(28)24-15-10-8-14(9-11-15)20(27)30(29)16-6-4-3-5-7-16;;/h3-11,17,30H,12-13H2,1-2H3,(H,24,28);;. The first-order valence-electron chi connectivity index (χ1n) is 9.84. The number of carbonyl (C=O) groups excluding carboxylic acids is 4. The molecule has 2 aliphatic carbocycles. The molecule has 0 aromatic heterocycles. The fourth-order valence-corrected chi connectivity index (χ4v) is 6.06. The van der Waals surface area contributed by atoms with Gasteiger partial charge in [0.25, 0.3) is 0 Å². The summed E-state index contributed by atoms with van der Waals surface area (Å²) in [6.45, 7) is 3.60. The summed E-state index contributed by atoms with van der Waals surface area (Å²) in [6.07, 6.45) is 0.892. The van der Waals surface area contributed by atoms with E-state index < -0.39 is 47.5 Å². The SMILES string of the molecule is CC1(C)C2CCC1(C(=O)Nc1ccc(C(=O)[PH](=O)c3ccccc3)cc1)C(=O)C2=O.[NaH]. The van der Waals surface area contributed by atoms with Crippen LogP contribution in [0.15, 0.2) is 54.6 Å². The van der Waals surface area contributed by atoms with Crippen molar-refractivity contribution in [3.63, 3.8) is 0 Å². The van der Waals surface area contributed by atoms with Crippen LogP contribution in [0, 0.1) is 16.7 Å². The Bertz CT molecular complexity index is 1100. The summed E-state index contributed by atoms with van der Waals surface area (Å²) in [5.41, 5.74) is -1.83. The summed E-state index contributed by atoms with van der Waals surface area (Å²) >= 11 is 0. The molecule has 2 fully saturated rings. The number of hydrogen-bond acceptors (Lipinski definition) is 5. The molecule has 4 rings (SSSR count). The molecule has 0 saturated heterocycles. The molecule has 6 nitrogen and oxygen atoms in total. The van der Waals surface area contributed by atoms with E-state index in [-0.39, 0.29) is 35.1 Å². The number of anilines is 1. The third kappa shape index (κ3) is 3.60. The van der Waals surface area contributed by atoms with Crippen molar-refractivity contribution in [1.29, 1.82) is 0 Å². The molecule has 2 aromatic rings. The number of benzene rings is 2. The van der Waals surface area contributed by atoms with Crippen LogP contribution in [0.25, 0.3) is 0 Å². The zero-order valence-corrected chi connectivity index (χ0v) is 17.7. The Kier molecular flexibility index (Phi) is 6.60. The first-order chi connectivity index (χ1) is 14.2. The third-order valence-corrected chi connectivity index (χ3v) is 8.30. The Morgan fingerprint density at radius 2 is 1.61 bits per heavy atom. The fourth-order valence-electron chi connectivity index (χ4n) is 4.88. The number of fused-ring (bicyclic) bond motifs is 2. The van der Waals surface area contributed by atoms with Crippen molar-refractivity contribution in [3.8, 4) is 0 Å².